The van der Waals surface area contributed by atoms with Crippen LogP contribution in [-0.4, -0.2) is 50.6 Å². The van der Waals surface area contributed by atoms with Crippen LogP contribution in [0.1, 0.15) is 26.7 Å². The van der Waals surface area contributed by atoms with E-state index in [1.165, 1.54) is 13.5 Å². The van der Waals surface area contributed by atoms with Gasteiger partial charge in [-0.05, 0) is 46.2 Å². The second kappa shape index (κ2) is 6.18. The number of hydrogen-bond acceptors (Lipinski definition) is 4. The van der Waals surface area contributed by atoms with Crippen molar-refractivity contribution in [3.8, 4) is 0 Å². The number of rotatable bonds is 5. The fraction of sp³-hybridized carbons (Fsp3) is 0.846. The summed E-state index contributed by atoms with van der Waals surface area (Å²) in [6, 6.07) is 0. The SMILES string of the molecule is COC(=O)C(C)(C)C(=O)NCCC1CCN(C)C1. The Morgan fingerprint density at radius 3 is 2.61 bits per heavy atom. The Balaban J connectivity index is 2.30. The molecule has 0 aromatic heterocycles. The van der Waals surface area contributed by atoms with Gasteiger partial charge >= 0.3 is 5.97 Å². The van der Waals surface area contributed by atoms with E-state index in [4.69, 9.17) is 0 Å². The normalized spacial score (nSPS) is 20.8. The molecule has 1 N–H and O–H groups in total. The number of esters is 1. The Morgan fingerprint density at radius 1 is 1.44 bits per heavy atom. The summed E-state index contributed by atoms with van der Waals surface area (Å²) in [4.78, 5) is 25.6. The highest BCUT2D eigenvalue weighted by Crippen LogP contribution is 2.19. The molecule has 0 aliphatic carbocycles. The summed E-state index contributed by atoms with van der Waals surface area (Å²) in [5.41, 5.74) is -1.11. The maximum absolute atomic E-state index is 11.9. The number of hydrogen-bond donors (Lipinski definition) is 1. The number of ether oxygens (including phenoxy) is 1. The van der Waals surface area contributed by atoms with E-state index in [0.29, 0.717) is 12.5 Å². The van der Waals surface area contributed by atoms with Gasteiger partial charge in [0.1, 0.15) is 5.41 Å². The van der Waals surface area contributed by atoms with Crippen molar-refractivity contribution in [2.45, 2.75) is 26.7 Å². The Morgan fingerprint density at radius 2 is 2.11 bits per heavy atom. The molecule has 1 saturated heterocycles. The van der Waals surface area contributed by atoms with Gasteiger partial charge in [-0.2, -0.15) is 0 Å². The molecule has 104 valence electrons. The molecule has 1 unspecified atom stereocenters. The molecule has 1 aliphatic rings. The topological polar surface area (TPSA) is 58.6 Å². The summed E-state index contributed by atoms with van der Waals surface area (Å²) in [6.45, 7) is 6.01. The van der Waals surface area contributed by atoms with Crippen LogP contribution in [0.25, 0.3) is 0 Å². The van der Waals surface area contributed by atoms with Gasteiger partial charge in [-0.3, -0.25) is 9.59 Å². The maximum Gasteiger partial charge on any atom is 0.320 e. The predicted octanol–water partition coefficient (Wildman–Crippen LogP) is 0.644. The third kappa shape index (κ3) is 3.70. The highest BCUT2D eigenvalue weighted by molar-refractivity contribution is 6.01. The largest absolute Gasteiger partial charge is 0.468 e. The lowest BCUT2D eigenvalue weighted by molar-refractivity contribution is -0.156. The zero-order chi connectivity index (χ0) is 13.8. The monoisotopic (exact) mass is 256 g/mol. The number of carbonyl (C=O) groups excluding carboxylic acids is 2. The molecule has 1 aliphatic heterocycles. The van der Waals surface area contributed by atoms with Crippen molar-refractivity contribution in [2.24, 2.45) is 11.3 Å². The molecule has 0 bridgehead atoms. The lowest BCUT2D eigenvalue weighted by Crippen LogP contribution is -2.43. The minimum absolute atomic E-state index is 0.263. The number of nitrogens with one attached hydrogen (secondary N) is 1. The molecule has 0 radical (unpaired) electrons. The van der Waals surface area contributed by atoms with E-state index < -0.39 is 11.4 Å². The molecule has 1 amide bonds. The van der Waals surface area contributed by atoms with Crippen molar-refractivity contribution >= 4 is 11.9 Å². The fourth-order valence-electron chi connectivity index (χ4n) is 2.22. The molecule has 0 aromatic carbocycles. The van der Waals surface area contributed by atoms with Crippen molar-refractivity contribution in [2.75, 3.05) is 33.8 Å². The second-order valence-corrected chi connectivity index (χ2v) is 5.58. The number of carbonyl (C=O) groups is 2. The lowest BCUT2D eigenvalue weighted by atomic mass is 9.92. The Kier molecular flexibility index (Phi) is 5.14. The highest BCUT2D eigenvalue weighted by Gasteiger charge is 2.37. The number of amides is 1. The van der Waals surface area contributed by atoms with E-state index in [9.17, 15) is 9.59 Å². The molecule has 0 spiro atoms. The van der Waals surface area contributed by atoms with Crippen LogP contribution in [0, 0.1) is 11.3 Å². The van der Waals surface area contributed by atoms with Gasteiger partial charge in [-0.15, -0.1) is 0 Å². The van der Waals surface area contributed by atoms with Crippen molar-refractivity contribution in [1.82, 2.24) is 10.2 Å². The van der Waals surface area contributed by atoms with E-state index in [1.807, 2.05) is 0 Å². The van der Waals surface area contributed by atoms with E-state index >= 15 is 0 Å². The summed E-state index contributed by atoms with van der Waals surface area (Å²) in [5, 5.41) is 2.82. The summed E-state index contributed by atoms with van der Waals surface area (Å²) >= 11 is 0. The predicted molar refractivity (Wildman–Crippen MR) is 69.0 cm³/mol. The maximum atomic E-state index is 11.9. The first kappa shape index (κ1) is 15.0. The number of methoxy groups -OCH3 is 1. The molecule has 0 aromatic rings. The minimum Gasteiger partial charge on any atom is -0.468 e. The van der Waals surface area contributed by atoms with Gasteiger partial charge in [-0.25, -0.2) is 0 Å². The molecular weight excluding hydrogens is 232 g/mol. The highest BCUT2D eigenvalue weighted by atomic mass is 16.5. The molecule has 5 nitrogen and oxygen atoms in total. The van der Waals surface area contributed by atoms with Crippen molar-refractivity contribution in [3.63, 3.8) is 0 Å². The summed E-state index contributed by atoms with van der Waals surface area (Å²) in [7, 11) is 3.41. The van der Waals surface area contributed by atoms with Crippen LogP contribution >= 0.6 is 0 Å². The molecule has 18 heavy (non-hydrogen) atoms. The van der Waals surface area contributed by atoms with Crippen LogP contribution in [0.2, 0.25) is 0 Å². The zero-order valence-electron chi connectivity index (χ0n) is 11.8. The average molecular weight is 256 g/mol. The molecule has 1 atom stereocenters. The molecule has 0 saturated carbocycles. The fourth-order valence-corrected chi connectivity index (χ4v) is 2.22. The van der Waals surface area contributed by atoms with Gasteiger partial charge < -0.3 is 15.0 Å². The zero-order valence-corrected chi connectivity index (χ0v) is 11.8. The van der Waals surface area contributed by atoms with Gasteiger partial charge in [0, 0.05) is 13.1 Å². The van der Waals surface area contributed by atoms with Gasteiger partial charge in [0.25, 0.3) is 0 Å². The number of nitrogens with zero attached hydrogens (tertiary/aromatic N) is 1. The standard InChI is InChI=1S/C13H24N2O3/c1-13(2,12(17)18-4)11(16)14-7-5-10-6-8-15(3)9-10/h10H,5-9H2,1-4H3,(H,14,16). The van der Waals surface area contributed by atoms with Crippen LogP contribution in [-0.2, 0) is 14.3 Å². The molecule has 1 heterocycles. The third-order valence-electron chi connectivity index (χ3n) is 3.59. The Labute approximate surface area is 109 Å². The molecule has 1 fully saturated rings. The van der Waals surface area contributed by atoms with Crippen LogP contribution in [0.15, 0.2) is 0 Å². The van der Waals surface area contributed by atoms with Crippen molar-refractivity contribution in [1.29, 1.82) is 0 Å². The molecule has 5 heteroatoms. The van der Waals surface area contributed by atoms with Crippen LogP contribution in [0.4, 0.5) is 0 Å². The van der Waals surface area contributed by atoms with Gasteiger partial charge in [0.2, 0.25) is 5.91 Å². The van der Waals surface area contributed by atoms with Crippen LogP contribution in [0.5, 0.6) is 0 Å². The summed E-state index contributed by atoms with van der Waals surface area (Å²) in [6.07, 6.45) is 2.15. The average Bonchev–Trinajstić information content (AvgIpc) is 2.73. The van der Waals surface area contributed by atoms with Crippen molar-refractivity contribution < 1.29 is 14.3 Å². The quantitative estimate of drug-likeness (QED) is 0.579. The first-order valence-electron chi connectivity index (χ1n) is 6.43. The Hall–Kier alpha value is -1.10. The van der Waals surface area contributed by atoms with Gasteiger partial charge in [0.05, 0.1) is 7.11 Å². The summed E-state index contributed by atoms with van der Waals surface area (Å²) < 4.78 is 4.62. The smallest absolute Gasteiger partial charge is 0.320 e. The second-order valence-electron chi connectivity index (χ2n) is 5.58. The van der Waals surface area contributed by atoms with E-state index in [1.54, 1.807) is 13.8 Å². The first-order chi connectivity index (χ1) is 8.37. The first-order valence-corrected chi connectivity index (χ1v) is 6.43. The number of likely N-dealkylation sites (tertiary alicyclic amines) is 1. The van der Waals surface area contributed by atoms with E-state index in [2.05, 4.69) is 22.0 Å². The van der Waals surface area contributed by atoms with E-state index in [-0.39, 0.29) is 5.91 Å². The molecular formula is C13H24N2O3. The molecule has 1 rings (SSSR count). The third-order valence-corrected chi connectivity index (χ3v) is 3.59. The Bertz CT molecular complexity index is 315. The summed E-state index contributed by atoms with van der Waals surface area (Å²) in [5.74, 6) is -0.113. The van der Waals surface area contributed by atoms with Gasteiger partial charge in [-0.1, -0.05) is 0 Å². The van der Waals surface area contributed by atoms with Gasteiger partial charge in [0.15, 0.2) is 0 Å². The van der Waals surface area contributed by atoms with E-state index in [0.717, 1.165) is 19.5 Å². The lowest BCUT2D eigenvalue weighted by Gasteiger charge is -2.21. The minimum atomic E-state index is -1.11. The van der Waals surface area contributed by atoms with Crippen LogP contribution in [0.3, 0.4) is 0 Å². The van der Waals surface area contributed by atoms with Crippen LogP contribution < -0.4 is 5.32 Å². The van der Waals surface area contributed by atoms with Crippen molar-refractivity contribution in [3.05, 3.63) is 0 Å².